The van der Waals surface area contributed by atoms with Gasteiger partial charge in [0.05, 0.1) is 12.1 Å². The number of carboxylic acid groups (broad SMARTS) is 1. The molecule has 1 aliphatic rings. The minimum Gasteiger partial charge on any atom is -0.478 e. The smallest absolute Gasteiger partial charge is 0.410 e. The lowest BCUT2D eigenvalue weighted by atomic mass is 9.94. The van der Waals surface area contributed by atoms with Crippen molar-refractivity contribution >= 4 is 12.1 Å². The maximum Gasteiger partial charge on any atom is 0.410 e. The molecular formula is C15H17F2NO4. The highest BCUT2D eigenvalue weighted by atomic mass is 19.3. The van der Waals surface area contributed by atoms with E-state index >= 15 is 0 Å². The Morgan fingerprint density at radius 2 is 1.95 bits per heavy atom. The summed E-state index contributed by atoms with van der Waals surface area (Å²) in [5.41, 5.74) is -1.12. The molecular weight excluding hydrogens is 296 g/mol. The van der Waals surface area contributed by atoms with Crippen molar-refractivity contribution in [1.29, 1.82) is 0 Å². The summed E-state index contributed by atoms with van der Waals surface area (Å²) in [5, 5.41) is 8.89. The molecule has 1 heterocycles. The zero-order valence-electron chi connectivity index (χ0n) is 12.5. The van der Waals surface area contributed by atoms with Crippen LogP contribution in [0.25, 0.3) is 0 Å². The molecule has 7 heteroatoms. The average Bonchev–Trinajstić information content (AvgIpc) is 2.35. The molecule has 0 aromatic heterocycles. The summed E-state index contributed by atoms with van der Waals surface area (Å²) in [5.74, 6) is -4.59. The van der Waals surface area contributed by atoms with Crippen molar-refractivity contribution in [3.63, 3.8) is 0 Å². The van der Waals surface area contributed by atoms with Gasteiger partial charge in [-0.2, -0.15) is 8.78 Å². The van der Waals surface area contributed by atoms with Gasteiger partial charge < -0.3 is 9.84 Å². The number of carbonyl (C=O) groups excluding carboxylic acids is 1. The highest BCUT2D eigenvalue weighted by Crippen LogP contribution is 2.37. The van der Waals surface area contributed by atoms with Crippen LogP contribution in [0, 0.1) is 0 Å². The molecule has 0 fully saturated rings. The minimum atomic E-state index is -3.32. The van der Waals surface area contributed by atoms with Gasteiger partial charge in [-0.1, -0.05) is 6.07 Å². The SMILES string of the molecule is CC(C)(C)OC(=O)N1Cc2ccc(C(=O)O)cc2C(F)(F)C1. The molecule has 1 amide bonds. The number of ether oxygens (including phenoxy) is 1. The van der Waals surface area contributed by atoms with E-state index in [1.165, 1.54) is 12.1 Å². The Morgan fingerprint density at radius 1 is 1.32 bits per heavy atom. The molecule has 120 valence electrons. The lowest BCUT2D eigenvalue weighted by Gasteiger charge is -2.35. The molecule has 0 radical (unpaired) electrons. The second kappa shape index (κ2) is 5.23. The van der Waals surface area contributed by atoms with E-state index < -0.39 is 30.1 Å². The molecule has 1 N–H and O–H groups in total. The summed E-state index contributed by atoms with van der Waals surface area (Å²) >= 11 is 0. The van der Waals surface area contributed by atoms with Crippen LogP contribution in [-0.2, 0) is 17.2 Å². The van der Waals surface area contributed by atoms with E-state index in [1.807, 2.05) is 0 Å². The molecule has 0 atom stereocenters. The number of amides is 1. The Kier molecular flexibility index (Phi) is 3.85. The fourth-order valence-electron chi connectivity index (χ4n) is 2.23. The molecule has 0 saturated heterocycles. The number of rotatable bonds is 1. The molecule has 0 saturated carbocycles. The molecule has 0 unspecified atom stereocenters. The van der Waals surface area contributed by atoms with Crippen molar-refractivity contribution in [3.8, 4) is 0 Å². The number of nitrogens with zero attached hydrogens (tertiary/aromatic N) is 1. The van der Waals surface area contributed by atoms with E-state index in [1.54, 1.807) is 20.8 Å². The highest BCUT2D eigenvalue weighted by molar-refractivity contribution is 5.88. The van der Waals surface area contributed by atoms with Gasteiger partial charge in [-0.25, -0.2) is 9.59 Å². The summed E-state index contributed by atoms with van der Waals surface area (Å²) in [6, 6.07) is 3.52. The summed E-state index contributed by atoms with van der Waals surface area (Å²) in [6.45, 7) is 4.08. The third-order valence-electron chi connectivity index (χ3n) is 3.15. The van der Waals surface area contributed by atoms with Crippen molar-refractivity contribution in [1.82, 2.24) is 4.90 Å². The first-order valence-electron chi connectivity index (χ1n) is 6.72. The minimum absolute atomic E-state index is 0.0419. The summed E-state index contributed by atoms with van der Waals surface area (Å²) in [4.78, 5) is 23.8. The van der Waals surface area contributed by atoms with Crippen molar-refractivity contribution in [3.05, 3.63) is 34.9 Å². The summed E-state index contributed by atoms with van der Waals surface area (Å²) in [7, 11) is 0. The van der Waals surface area contributed by atoms with Gasteiger partial charge in [-0.3, -0.25) is 4.90 Å². The van der Waals surface area contributed by atoms with Crippen LogP contribution < -0.4 is 0 Å². The number of aromatic carboxylic acids is 1. The maximum atomic E-state index is 14.2. The zero-order chi connectivity index (χ0) is 16.7. The number of halogens is 2. The Bertz CT molecular complexity index is 622. The first-order chi connectivity index (χ1) is 9.99. The van der Waals surface area contributed by atoms with E-state index in [9.17, 15) is 18.4 Å². The van der Waals surface area contributed by atoms with Gasteiger partial charge in [-0.15, -0.1) is 0 Å². The average molecular weight is 313 g/mol. The van der Waals surface area contributed by atoms with Crippen LogP contribution in [0.2, 0.25) is 0 Å². The molecule has 1 aromatic carbocycles. The Labute approximate surface area is 126 Å². The number of carbonyl (C=O) groups is 2. The lowest BCUT2D eigenvalue weighted by Crippen LogP contribution is -2.45. The van der Waals surface area contributed by atoms with Crippen LogP contribution >= 0.6 is 0 Å². The van der Waals surface area contributed by atoms with Crippen LogP contribution in [0.15, 0.2) is 18.2 Å². The van der Waals surface area contributed by atoms with Gasteiger partial charge in [0.15, 0.2) is 0 Å². The van der Waals surface area contributed by atoms with Crippen molar-refractivity contribution in [2.45, 2.75) is 38.8 Å². The molecule has 5 nitrogen and oxygen atoms in total. The largest absolute Gasteiger partial charge is 0.478 e. The zero-order valence-corrected chi connectivity index (χ0v) is 12.5. The number of hydrogen-bond acceptors (Lipinski definition) is 3. The second-order valence-electron chi connectivity index (χ2n) is 6.22. The maximum absolute atomic E-state index is 14.2. The van der Waals surface area contributed by atoms with Gasteiger partial charge in [-0.05, 0) is 38.5 Å². The molecule has 2 rings (SSSR count). The predicted octanol–water partition coefficient (Wildman–Crippen LogP) is 3.23. The third-order valence-corrected chi connectivity index (χ3v) is 3.15. The lowest BCUT2D eigenvalue weighted by molar-refractivity contribution is -0.0592. The van der Waals surface area contributed by atoms with Crippen molar-refractivity contribution in [2.24, 2.45) is 0 Å². The van der Waals surface area contributed by atoms with E-state index in [0.29, 0.717) is 0 Å². The Hall–Kier alpha value is -2.18. The number of carboxylic acids is 1. The van der Waals surface area contributed by atoms with Gasteiger partial charge in [0.2, 0.25) is 0 Å². The van der Waals surface area contributed by atoms with Gasteiger partial charge >= 0.3 is 12.1 Å². The fourth-order valence-corrected chi connectivity index (χ4v) is 2.23. The first-order valence-corrected chi connectivity index (χ1v) is 6.72. The van der Waals surface area contributed by atoms with Crippen LogP contribution in [0.1, 0.15) is 42.3 Å². The Morgan fingerprint density at radius 3 is 2.50 bits per heavy atom. The van der Waals surface area contributed by atoms with E-state index in [0.717, 1.165) is 11.0 Å². The van der Waals surface area contributed by atoms with E-state index in [-0.39, 0.29) is 23.2 Å². The predicted molar refractivity (Wildman–Crippen MR) is 73.9 cm³/mol. The second-order valence-corrected chi connectivity index (χ2v) is 6.22. The normalized spacial score (nSPS) is 16.9. The van der Waals surface area contributed by atoms with Gasteiger partial charge in [0.25, 0.3) is 5.92 Å². The fraction of sp³-hybridized carbons (Fsp3) is 0.467. The molecule has 1 aromatic rings. The number of alkyl halides is 2. The monoisotopic (exact) mass is 313 g/mol. The molecule has 0 bridgehead atoms. The van der Waals surface area contributed by atoms with Gasteiger partial charge in [0, 0.05) is 12.1 Å². The summed E-state index contributed by atoms with van der Waals surface area (Å²) < 4.78 is 33.6. The molecule has 22 heavy (non-hydrogen) atoms. The van der Waals surface area contributed by atoms with Gasteiger partial charge in [0.1, 0.15) is 5.60 Å². The highest BCUT2D eigenvalue weighted by Gasteiger charge is 2.43. The van der Waals surface area contributed by atoms with Crippen molar-refractivity contribution < 1.29 is 28.2 Å². The van der Waals surface area contributed by atoms with Crippen LogP contribution in [0.3, 0.4) is 0 Å². The quantitative estimate of drug-likeness (QED) is 0.864. The molecule has 1 aliphatic heterocycles. The third kappa shape index (κ3) is 3.35. The summed E-state index contributed by atoms with van der Waals surface area (Å²) in [6.07, 6.45) is -0.819. The van der Waals surface area contributed by atoms with E-state index in [2.05, 4.69) is 0 Å². The molecule has 0 spiro atoms. The standard InChI is InChI=1S/C15H17F2NO4/c1-14(2,3)22-13(21)18-7-10-5-4-9(12(19)20)6-11(10)15(16,17)8-18/h4-6H,7-8H2,1-3H3,(H,19,20). The van der Waals surface area contributed by atoms with Crippen LogP contribution in [0.5, 0.6) is 0 Å². The first kappa shape index (κ1) is 16.2. The number of benzene rings is 1. The molecule has 0 aliphatic carbocycles. The van der Waals surface area contributed by atoms with E-state index in [4.69, 9.17) is 9.84 Å². The topological polar surface area (TPSA) is 66.8 Å². The number of fused-ring (bicyclic) bond motifs is 1. The number of hydrogen-bond donors (Lipinski definition) is 1. The van der Waals surface area contributed by atoms with Crippen LogP contribution in [0.4, 0.5) is 13.6 Å². The van der Waals surface area contributed by atoms with Crippen LogP contribution in [-0.4, -0.2) is 34.2 Å². The van der Waals surface area contributed by atoms with Crippen molar-refractivity contribution in [2.75, 3.05) is 6.54 Å². The Balaban J connectivity index is 2.31.